The molecule has 2 heterocycles. The van der Waals surface area contributed by atoms with Crippen LogP contribution in [0, 0.1) is 65.1 Å². The van der Waals surface area contributed by atoms with E-state index in [0.29, 0.717) is 22.4 Å². The van der Waals surface area contributed by atoms with E-state index in [4.69, 9.17) is 9.72 Å². The Labute approximate surface area is 596 Å². The first-order valence-electron chi connectivity index (χ1n) is 36.5. The zero-order valence-corrected chi connectivity index (χ0v) is 65.2. The van der Waals surface area contributed by atoms with E-state index in [1.54, 1.807) is 66.7 Å². The van der Waals surface area contributed by atoms with E-state index in [9.17, 15) is 43.5 Å². The quantitative estimate of drug-likeness (QED) is 0.105. The van der Waals surface area contributed by atoms with Gasteiger partial charge in [0, 0.05) is 92.8 Å². The van der Waals surface area contributed by atoms with Crippen LogP contribution in [0.1, 0.15) is 205 Å². The summed E-state index contributed by atoms with van der Waals surface area (Å²) >= 11 is 0. The maximum Gasteiger partial charge on any atom is 0.338 e. The van der Waals surface area contributed by atoms with Gasteiger partial charge in [-0.1, -0.05) is 131 Å². The van der Waals surface area contributed by atoms with Gasteiger partial charge in [0.15, 0.2) is 17.3 Å². The molecule has 0 spiro atoms. The largest absolute Gasteiger partial charge is 0.462 e. The summed E-state index contributed by atoms with van der Waals surface area (Å²) in [6.07, 6.45) is -0.167. The van der Waals surface area contributed by atoms with Crippen LogP contribution in [0.3, 0.4) is 0 Å². The third kappa shape index (κ3) is 23.5. The fourth-order valence-electron chi connectivity index (χ4n) is 13.5. The number of H-pyrrole nitrogens is 1. The Hall–Kier alpha value is -7.11. The lowest BCUT2D eigenvalue weighted by atomic mass is 9.84. The van der Waals surface area contributed by atoms with Crippen LogP contribution in [0.2, 0.25) is 0 Å². The molecule has 0 saturated carbocycles. The number of likely N-dealkylation sites (N-methyl/N-ethyl adjacent to an activating group) is 7. The minimum absolute atomic E-state index is 0.0325. The number of fused-ring (bicyclic) bond motifs is 1. The van der Waals surface area contributed by atoms with Gasteiger partial charge in [-0.3, -0.25) is 52.7 Å². The summed E-state index contributed by atoms with van der Waals surface area (Å²) in [5.41, 5.74) is 1.35. The highest BCUT2D eigenvalue weighted by atomic mass is 16.5. The molecule has 8 amide bonds. The maximum absolute atomic E-state index is 15.6. The summed E-state index contributed by atoms with van der Waals surface area (Å²) in [6.45, 7) is 32.4. The molecule has 24 nitrogen and oxygen atoms in total. The number of carbonyl (C=O) groups excluding carboxylic acids is 12. The molecule has 2 aromatic rings. The second kappa shape index (κ2) is 39.4. The Morgan fingerprint density at radius 2 is 1.04 bits per heavy atom. The Morgan fingerprint density at radius 1 is 0.560 bits per heavy atom. The van der Waals surface area contributed by atoms with Gasteiger partial charge in [0.2, 0.25) is 47.3 Å². The van der Waals surface area contributed by atoms with Crippen molar-refractivity contribution in [1.82, 2.24) is 49.6 Å². The van der Waals surface area contributed by atoms with Crippen LogP contribution < -0.4 is 5.32 Å². The van der Waals surface area contributed by atoms with Crippen LogP contribution in [0.25, 0.3) is 11.0 Å². The smallest absolute Gasteiger partial charge is 0.338 e. The van der Waals surface area contributed by atoms with Gasteiger partial charge >= 0.3 is 5.97 Å². The number of esters is 1. The van der Waals surface area contributed by atoms with Crippen molar-refractivity contribution in [2.75, 3.05) is 62.5 Å². The fourth-order valence-corrected chi connectivity index (χ4v) is 13.5. The molecule has 0 aliphatic carbocycles. The van der Waals surface area contributed by atoms with E-state index in [0.717, 1.165) is 17.7 Å². The van der Waals surface area contributed by atoms with E-state index >= 15 is 19.2 Å². The molecule has 1 aromatic heterocycles. The van der Waals surface area contributed by atoms with E-state index in [1.807, 2.05) is 69.2 Å². The van der Waals surface area contributed by atoms with Crippen molar-refractivity contribution in [3.05, 3.63) is 29.6 Å². The summed E-state index contributed by atoms with van der Waals surface area (Å²) in [7, 11) is 10.1. The predicted molar refractivity (Wildman–Crippen MR) is 387 cm³/mol. The summed E-state index contributed by atoms with van der Waals surface area (Å²) in [6, 6.07) is -3.59. The van der Waals surface area contributed by atoms with Gasteiger partial charge in [0.1, 0.15) is 36.0 Å². The van der Waals surface area contributed by atoms with Crippen molar-refractivity contribution >= 4 is 81.6 Å². The number of imidazole rings is 1. The molecule has 3 N–H and O–H groups in total. The lowest BCUT2D eigenvalue weighted by Crippen LogP contribution is -2.62. The third-order valence-electron chi connectivity index (χ3n) is 20.2. The van der Waals surface area contributed by atoms with Crippen molar-refractivity contribution in [1.29, 1.82) is 0 Å². The Balaban J connectivity index is 2.33. The van der Waals surface area contributed by atoms with E-state index in [1.165, 1.54) is 85.7 Å². The first-order valence-corrected chi connectivity index (χ1v) is 36.5. The zero-order valence-electron chi connectivity index (χ0n) is 65.2. The molecule has 1 aromatic carbocycles. The summed E-state index contributed by atoms with van der Waals surface area (Å²) in [4.78, 5) is 193. The predicted octanol–water partition coefficient (Wildman–Crippen LogP) is 8.29. The molecule has 24 heteroatoms. The summed E-state index contributed by atoms with van der Waals surface area (Å²) in [5.74, 6) is -11.7. The number of nitrogens with one attached hydrogen (secondary N) is 2. The number of nitrogens with zero attached hydrogens (tertiary/aromatic N) is 8. The molecule has 1 saturated heterocycles. The van der Waals surface area contributed by atoms with Gasteiger partial charge < -0.3 is 54.4 Å². The number of aromatic amines is 1. The monoisotopic (exact) mass is 1400 g/mol. The molecule has 0 bridgehead atoms. The molecule has 1 fully saturated rings. The Bertz CT molecular complexity index is 3140. The van der Waals surface area contributed by atoms with Crippen molar-refractivity contribution in [3.63, 3.8) is 0 Å². The number of rotatable bonds is 20. The normalized spacial score (nSPS) is 24.9. The van der Waals surface area contributed by atoms with Crippen LogP contribution in [0.5, 0.6) is 0 Å². The molecular weight excluding hydrogens is 1280 g/mol. The summed E-state index contributed by atoms with van der Waals surface area (Å²) < 4.78 is 5.64. The number of benzene rings is 1. The number of amides is 8. The second-order valence-electron chi connectivity index (χ2n) is 31.1. The Morgan fingerprint density at radius 3 is 1.54 bits per heavy atom. The molecule has 0 unspecified atom stereocenters. The molecule has 0 radical (unpaired) electrons. The molecule has 100 heavy (non-hydrogen) atoms. The number of hydrogen-bond acceptors (Lipinski definition) is 15. The maximum atomic E-state index is 15.6. The second-order valence-corrected chi connectivity index (χ2v) is 31.1. The molecule has 1 aliphatic heterocycles. The number of aromatic nitrogens is 2. The molecule has 1 aliphatic rings. The number of hydrogen-bond donors (Lipinski definition) is 3. The van der Waals surface area contributed by atoms with Gasteiger partial charge in [0.05, 0.1) is 47.9 Å². The van der Waals surface area contributed by atoms with Gasteiger partial charge in [-0.05, 0) is 105 Å². The minimum atomic E-state index is -1.65. The lowest BCUT2D eigenvalue weighted by Gasteiger charge is -2.41. The van der Waals surface area contributed by atoms with Crippen LogP contribution in [0.4, 0.5) is 0 Å². The van der Waals surface area contributed by atoms with E-state index < -0.39 is 167 Å². The molecule has 564 valence electrons. The third-order valence-corrected chi connectivity index (χ3v) is 20.2. The van der Waals surface area contributed by atoms with Crippen molar-refractivity contribution < 1.29 is 67.4 Å². The van der Waals surface area contributed by atoms with Gasteiger partial charge in [-0.25, -0.2) is 9.78 Å². The number of ether oxygens (including phenoxy) is 1. The topological polar surface area (TPSA) is 298 Å². The van der Waals surface area contributed by atoms with Crippen LogP contribution in [-0.2, 0) is 63.9 Å². The highest BCUT2D eigenvalue weighted by Gasteiger charge is 2.46. The minimum Gasteiger partial charge on any atom is -0.462 e. The zero-order chi connectivity index (χ0) is 76.4. The lowest BCUT2D eigenvalue weighted by molar-refractivity contribution is -0.157. The van der Waals surface area contributed by atoms with Gasteiger partial charge in [-0.2, -0.15) is 0 Å². The Kier molecular flexibility index (Phi) is 34.3. The number of ketones is 3. The first kappa shape index (κ1) is 87.1. The first-order chi connectivity index (χ1) is 46.5. The fraction of sp³-hybridized carbons (Fsp3) is 0.750. The molecule has 12 atom stereocenters. The van der Waals surface area contributed by atoms with Crippen molar-refractivity contribution in [2.45, 2.75) is 244 Å². The highest BCUT2D eigenvalue weighted by molar-refractivity contribution is 6.00. The SMILES string of the molecule is CCC(CC)COC(=O)c1ccc2nc(C[C@@H](C)[C@@H](O)[C@H]3C(=O)C[C@@H](CC)C(=O)N(C)CC(=O)N(C)[C@@H](CC(C)C)C(=O)C[C@@H](C(C)C)C(=O)N(C)[C@@H](CC(C)C)C(=O)C[C@@H](C)C(=O)N[C@H](C)C(=O)N(C)[C@@H](CC(C)C)C(=O)N(C)[C@@H](CC(C)C)C(=O)N(C)[C@@H](C(C)C)C(=O)N3C)[nH]c2c1. The van der Waals surface area contributed by atoms with E-state index in [-0.39, 0.29) is 87.6 Å². The number of carbonyl (C=O) groups is 12. The molecule has 3 rings (SSSR count). The number of Topliss-reactive ketones (excluding diaryl/α,β-unsaturated/α-hetero) is 3. The average Bonchev–Trinajstić information content (AvgIpc) is 1.61. The van der Waals surface area contributed by atoms with Crippen LogP contribution in [0.15, 0.2) is 18.2 Å². The number of aliphatic hydroxyl groups excluding tert-OH is 1. The standard InChI is InChI=1S/C76H126N10O14/c1-26-51(27-2)41-100-76(99)53-29-30-55-56(37-53)79-64(78-55)36-48(16)68(91)67-63(89)38-52(28-3)71(94)80(19)40-65(90)81(20)57(31-42(4)5)62(88)39-54(46(12)13)72(95)82(21)58(32-43(6)7)61(87)35-49(17)69(92)77-50(18)70(93)83(22)59(33-44(8)9)73(96)84(23)60(34-45(10)11)74(97)85(24)66(47(14)15)75(98)86(67)25/h29-30,37,42-52,54,57-60,66-68,91H,26-28,31-36,38-41H2,1-25H3,(H,77,92)(H,78,79)/t48-,49-,50-,52-,54+,57+,58+,59+,60+,66+,67-,68-/m1/s1. The van der Waals surface area contributed by atoms with Gasteiger partial charge in [0.25, 0.3) is 0 Å². The number of aliphatic hydroxyl groups is 1. The molecular formula is C76H126N10O14. The highest BCUT2D eigenvalue weighted by Crippen LogP contribution is 2.30. The van der Waals surface area contributed by atoms with Gasteiger partial charge in [-0.15, -0.1) is 0 Å². The van der Waals surface area contributed by atoms with Crippen molar-refractivity contribution in [3.8, 4) is 0 Å². The summed E-state index contributed by atoms with van der Waals surface area (Å²) in [5, 5.41) is 15.5. The van der Waals surface area contributed by atoms with E-state index in [2.05, 4.69) is 10.3 Å². The average molecular weight is 1400 g/mol. The van der Waals surface area contributed by atoms with Crippen molar-refractivity contribution in [2.24, 2.45) is 65.1 Å². The van der Waals surface area contributed by atoms with Crippen LogP contribution >= 0.6 is 0 Å². The van der Waals surface area contributed by atoms with Crippen LogP contribution in [-0.4, -0.2) is 231 Å².